The standard InChI is InChI=1S/C25H20F3N3O4/c1-15(16-3-5-18(6-4-16)24(32)33-2)31-22-21-17(11-13-29-22)12-14-30-23(21)34-19-7-9-20(10-8-19)35-25(26,27)28/h3-15H,1-2H3,(H,29,31)/t15-/m0/s1. The molecule has 1 N–H and O–H groups in total. The Kier molecular flexibility index (Phi) is 6.72. The number of nitrogens with one attached hydrogen (secondary N) is 1. The molecule has 7 nitrogen and oxygen atoms in total. The molecule has 0 saturated heterocycles. The first-order valence-electron chi connectivity index (χ1n) is 10.5. The van der Waals surface area contributed by atoms with Crippen LogP contribution in [0.25, 0.3) is 10.8 Å². The van der Waals surface area contributed by atoms with Gasteiger partial charge in [0.2, 0.25) is 5.88 Å². The van der Waals surface area contributed by atoms with Gasteiger partial charge in [-0.25, -0.2) is 14.8 Å². The van der Waals surface area contributed by atoms with Crippen molar-refractivity contribution in [3.8, 4) is 17.4 Å². The number of rotatable bonds is 7. The van der Waals surface area contributed by atoms with Crippen molar-refractivity contribution in [2.75, 3.05) is 12.4 Å². The molecule has 4 rings (SSSR count). The van der Waals surface area contributed by atoms with Gasteiger partial charge in [0.1, 0.15) is 17.3 Å². The van der Waals surface area contributed by atoms with E-state index in [4.69, 9.17) is 9.47 Å². The van der Waals surface area contributed by atoms with Crippen LogP contribution in [0.1, 0.15) is 28.9 Å². The summed E-state index contributed by atoms with van der Waals surface area (Å²) in [6.07, 6.45) is -1.57. The van der Waals surface area contributed by atoms with E-state index in [0.717, 1.165) is 23.1 Å². The Morgan fingerprint density at radius 2 is 1.54 bits per heavy atom. The largest absolute Gasteiger partial charge is 0.573 e. The van der Waals surface area contributed by atoms with E-state index in [1.54, 1.807) is 36.7 Å². The number of halogens is 3. The number of ether oxygens (including phenoxy) is 3. The Bertz CT molecular complexity index is 1320. The van der Waals surface area contributed by atoms with Crippen LogP contribution in [0.3, 0.4) is 0 Å². The van der Waals surface area contributed by atoms with Gasteiger partial charge >= 0.3 is 12.3 Å². The lowest BCUT2D eigenvalue weighted by Gasteiger charge is -2.18. The maximum absolute atomic E-state index is 12.4. The average Bonchev–Trinajstić information content (AvgIpc) is 2.84. The van der Waals surface area contributed by atoms with Crippen LogP contribution in [-0.4, -0.2) is 29.4 Å². The minimum absolute atomic E-state index is 0.188. The summed E-state index contributed by atoms with van der Waals surface area (Å²) < 4.78 is 51.7. The predicted octanol–water partition coefficient (Wildman–Crippen LogP) is 6.28. The summed E-state index contributed by atoms with van der Waals surface area (Å²) in [4.78, 5) is 20.4. The summed E-state index contributed by atoms with van der Waals surface area (Å²) in [7, 11) is 1.32. The molecule has 0 aliphatic heterocycles. The first-order valence-corrected chi connectivity index (χ1v) is 10.5. The Morgan fingerprint density at radius 1 is 0.914 bits per heavy atom. The number of hydrogen-bond acceptors (Lipinski definition) is 7. The molecule has 0 amide bonds. The Labute approximate surface area is 198 Å². The second-order valence-electron chi connectivity index (χ2n) is 7.47. The lowest BCUT2D eigenvalue weighted by Crippen LogP contribution is -2.16. The molecular weight excluding hydrogens is 463 g/mol. The average molecular weight is 483 g/mol. The minimum Gasteiger partial charge on any atom is -0.465 e. The number of nitrogens with zero attached hydrogens (tertiary/aromatic N) is 2. The van der Waals surface area contributed by atoms with Crippen LogP contribution in [0.5, 0.6) is 17.4 Å². The van der Waals surface area contributed by atoms with Gasteiger partial charge in [-0.1, -0.05) is 12.1 Å². The van der Waals surface area contributed by atoms with Gasteiger partial charge in [0.05, 0.1) is 18.1 Å². The number of methoxy groups -OCH3 is 1. The van der Waals surface area contributed by atoms with E-state index in [1.807, 2.05) is 19.1 Å². The summed E-state index contributed by atoms with van der Waals surface area (Å²) in [5, 5.41) is 4.74. The molecule has 2 aromatic heterocycles. The van der Waals surface area contributed by atoms with Crippen molar-refractivity contribution in [2.45, 2.75) is 19.3 Å². The number of hydrogen-bond donors (Lipinski definition) is 1. The lowest BCUT2D eigenvalue weighted by molar-refractivity contribution is -0.274. The second kappa shape index (κ2) is 9.88. The first-order chi connectivity index (χ1) is 16.7. The molecule has 35 heavy (non-hydrogen) atoms. The molecule has 2 aromatic carbocycles. The van der Waals surface area contributed by atoms with Crippen LogP contribution in [0.4, 0.5) is 19.0 Å². The van der Waals surface area contributed by atoms with Gasteiger partial charge in [-0.3, -0.25) is 0 Å². The molecule has 0 aliphatic carbocycles. The van der Waals surface area contributed by atoms with E-state index in [9.17, 15) is 18.0 Å². The van der Waals surface area contributed by atoms with E-state index in [-0.39, 0.29) is 23.4 Å². The maximum atomic E-state index is 12.4. The predicted molar refractivity (Wildman–Crippen MR) is 123 cm³/mol. The molecule has 0 aliphatic rings. The van der Waals surface area contributed by atoms with Crippen molar-refractivity contribution in [1.82, 2.24) is 9.97 Å². The van der Waals surface area contributed by atoms with E-state index in [0.29, 0.717) is 16.8 Å². The summed E-state index contributed by atoms with van der Waals surface area (Å²) in [5.41, 5.74) is 1.35. The number of esters is 1. The number of carbonyl (C=O) groups excluding carboxylic acids is 1. The van der Waals surface area contributed by atoms with Crippen molar-refractivity contribution in [3.63, 3.8) is 0 Å². The molecule has 0 unspecified atom stereocenters. The van der Waals surface area contributed by atoms with Crippen molar-refractivity contribution < 1.29 is 32.2 Å². The Hall–Kier alpha value is -4.34. The molecule has 0 spiro atoms. The van der Waals surface area contributed by atoms with Crippen LogP contribution in [0.2, 0.25) is 0 Å². The molecule has 4 aromatic rings. The highest BCUT2D eigenvalue weighted by molar-refractivity contribution is 5.96. The third kappa shape index (κ3) is 5.78. The van der Waals surface area contributed by atoms with Gasteiger partial charge in [0.25, 0.3) is 0 Å². The summed E-state index contributed by atoms with van der Waals surface area (Å²) in [6.45, 7) is 1.93. The van der Waals surface area contributed by atoms with Gasteiger partial charge in [0.15, 0.2) is 0 Å². The number of aromatic nitrogens is 2. The van der Waals surface area contributed by atoms with Gasteiger partial charge in [-0.15, -0.1) is 13.2 Å². The highest BCUT2D eigenvalue weighted by Gasteiger charge is 2.31. The monoisotopic (exact) mass is 483 g/mol. The fraction of sp³-hybridized carbons (Fsp3) is 0.160. The first kappa shape index (κ1) is 23.8. The van der Waals surface area contributed by atoms with Gasteiger partial charge in [-0.2, -0.15) is 0 Å². The van der Waals surface area contributed by atoms with E-state index < -0.39 is 12.3 Å². The number of alkyl halides is 3. The Balaban J connectivity index is 1.59. The fourth-order valence-electron chi connectivity index (χ4n) is 3.41. The minimum atomic E-state index is -4.78. The molecule has 180 valence electrons. The third-order valence-electron chi connectivity index (χ3n) is 5.10. The van der Waals surface area contributed by atoms with E-state index in [2.05, 4.69) is 20.0 Å². The number of benzene rings is 2. The molecular formula is C25H20F3N3O4. The zero-order valence-corrected chi connectivity index (χ0v) is 18.7. The summed E-state index contributed by atoms with van der Waals surface area (Å²) in [6, 6.07) is 15.4. The fourth-order valence-corrected chi connectivity index (χ4v) is 3.41. The van der Waals surface area contributed by atoms with Crippen molar-refractivity contribution >= 4 is 22.6 Å². The zero-order valence-electron chi connectivity index (χ0n) is 18.7. The highest BCUT2D eigenvalue weighted by Crippen LogP contribution is 2.34. The van der Waals surface area contributed by atoms with Crippen molar-refractivity contribution in [3.05, 3.63) is 84.2 Å². The molecule has 1 atom stereocenters. The van der Waals surface area contributed by atoms with Crippen LogP contribution >= 0.6 is 0 Å². The van der Waals surface area contributed by atoms with Gasteiger partial charge < -0.3 is 19.5 Å². The molecule has 0 fully saturated rings. The van der Waals surface area contributed by atoms with E-state index >= 15 is 0 Å². The zero-order chi connectivity index (χ0) is 25.0. The molecule has 10 heteroatoms. The lowest BCUT2D eigenvalue weighted by atomic mass is 10.1. The normalized spacial score (nSPS) is 12.1. The number of pyridine rings is 2. The van der Waals surface area contributed by atoms with Crippen LogP contribution in [0.15, 0.2) is 73.1 Å². The number of carbonyl (C=O) groups is 1. The third-order valence-corrected chi connectivity index (χ3v) is 5.10. The quantitative estimate of drug-likeness (QED) is 0.310. The smallest absolute Gasteiger partial charge is 0.465 e. The van der Waals surface area contributed by atoms with Crippen LogP contribution in [-0.2, 0) is 4.74 Å². The number of fused-ring (bicyclic) bond motifs is 1. The molecule has 0 radical (unpaired) electrons. The Morgan fingerprint density at radius 3 is 2.17 bits per heavy atom. The SMILES string of the molecule is COC(=O)c1ccc([C@H](C)Nc2nccc3ccnc(Oc4ccc(OC(F)(F)F)cc4)c23)cc1. The maximum Gasteiger partial charge on any atom is 0.573 e. The topological polar surface area (TPSA) is 82.6 Å². The molecule has 0 bridgehead atoms. The van der Waals surface area contributed by atoms with Crippen molar-refractivity contribution in [1.29, 1.82) is 0 Å². The van der Waals surface area contributed by atoms with Gasteiger partial charge in [-0.05, 0) is 66.4 Å². The number of anilines is 1. The highest BCUT2D eigenvalue weighted by atomic mass is 19.4. The molecule has 2 heterocycles. The van der Waals surface area contributed by atoms with Crippen LogP contribution in [0, 0.1) is 0 Å². The van der Waals surface area contributed by atoms with Gasteiger partial charge in [0, 0.05) is 18.4 Å². The van der Waals surface area contributed by atoms with Crippen LogP contribution < -0.4 is 14.8 Å². The van der Waals surface area contributed by atoms with Crippen molar-refractivity contribution in [2.24, 2.45) is 0 Å². The van der Waals surface area contributed by atoms with E-state index in [1.165, 1.54) is 19.2 Å². The summed E-state index contributed by atoms with van der Waals surface area (Å²) >= 11 is 0. The second-order valence-corrected chi connectivity index (χ2v) is 7.47. The summed E-state index contributed by atoms with van der Waals surface area (Å²) in [5.74, 6) is 0.245. The molecule has 0 saturated carbocycles.